The lowest BCUT2D eigenvalue weighted by Crippen LogP contribution is -2.15. The van der Waals surface area contributed by atoms with E-state index < -0.39 is 5.92 Å². The molecule has 0 amide bonds. The Morgan fingerprint density at radius 1 is 1.05 bits per heavy atom. The number of para-hydroxylation sites is 1. The number of carbonyl (C=O) groups excluding carboxylic acids is 1. The lowest BCUT2D eigenvalue weighted by Gasteiger charge is -2.13. The Labute approximate surface area is 117 Å². The van der Waals surface area contributed by atoms with Crippen LogP contribution < -0.4 is 0 Å². The van der Waals surface area contributed by atoms with Crippen LogP contribution in [0.2, 0.25) is 0 Å². The molecule has 1 aromatic heterocycles. The average molecular weight is 265 g/mol. The summed E-state index contributed by atoms with van der Waals surface area (Å²) in [5.74, 6) is -0.684. The topological polar surface area (TPSA) is 42.1 Å². The molecule has 3 heteroatoms. The molecular formula is C17H15NO2. The minimum Gasteiger partial charge on any atom is -0.468 e. The summed E-state index contributed by atoms with van der Waals surface area (Å²) >= 11 is 0. The Bertz CT molecular complexity index is 698. The first kappa shape index (κ1) is 12.5. The van der Waals surface area contributed by atoms with E-state index in [1.54, 1.807) is 0 Å². The summed E-state index contributed by atoms with van der Waals surface area (Å²) in [5.41, 5.74) is 2.79. The van der Waals surface area contributed by atoms with Gasteiger partial charge in [-0.1, -0.05) is 48.5 Å². The van der Waals surface area contributed by atoms with E-state index in [1.165, 1.54) is 7.11 Å². The van der Waals surface area contributed by atoms with Gasteiger partial charge in [-0.25, -0.2) is 0 Å². The molecule has 0 aliphatic rings. The number of aromatic amines is 1. The zero-order chi connectivity index (χ0) is 13.9. The van der Waals surface area contributed by atoms with Gasteiger partial charge in [0.05, 0.1) is 7.11 Å². The molecule has 0 aliphatic carbocycles. The summed E-state index contributed by atoms with van der Waals surface area (Å²) in [7, 11) is 1.42. The highest BCUT2D eigenvalue weighted by Gasteiger charge is 2.25. The molecule has 3 nitrogen and oxygen atoms in total. The predicted molar refractivity (Wildman–Crippen MR) is 78.6 cm³/mol. The molecule has 2 aromatic carbocycles. The van der Waals surface area contributed by atoms with Gasteiger partial charge in [0.15, 0.2) is 0 Å². The Balaban J connectivity index is 2.12. The van der Waals surface area contributed by atoms with Crippen molar-refractivity contribution in [3.63, 3.8) is 0 Å². The van der Waals surface area contributed by atoms with Gasteiger partial charge in [-0.2, -0.15) is 0 Å². The smallest absolute Gasteiger partial charge is 0.319 e. The van der Waals surface area contributed by atoms with Crippen LogP contribution in [0.15, 0.2) is 60.7 Å². The Hall–Kier alpha value is -2.55. The lowest BCUT2D eigenvalue weighted by molar-refractivity contribution is -0.141. The number of methoxy groups -OCH3 is 1. The zero-order valence-electron chi connectivity index (χ0n) is 11.2. The van der Waals surface area contributed by atoms with Crippen LogP contribution >= 0.6 is 0 Å². The molecule has 3 aromatic rings. The van der Waals surface area contributed by atoms with Gasteiger partial charge in [-0.15, -0.1) is 0 Å². The number of ether oxygens (including phenoxy) is 1. The quantitative estimate of drug-likeness (QED) is 0.737. The maximum Gasteiger partial charge on any atom is 0.319 e. The molecule has 0 saturated carbocycles. The summed E-state index contributed by atoms with van der Waals surface area (Å²) in [5, 5.41) is 1.09. The van der Waals surface area contributed by atoms with E-state index in [1.807, 2.05) is 60.7 Å². The van der Waals surface area contributed by atoms with Crippen molar-refractivity contribution < 1.29 is 9.53 Å². The molecule has 3 rings (SSSR count). The number of esters is 1. The van der Waals surface area contributed by atoms with E-state index >= 15 is 0 Å². The fourth-order valence-corrected chi connectivity index (χ4v) is 2.46. The van der Waals surface area contributed by atoms with Crippen LogP contribution in [0.1, 0.15) is 17.2 Å². The van der Waals surface area contributed by atoms with Crippen molar-refractivity contribution >= 4 is 16.9 Å². The molecular weight excluding hydrogens is 250 g/mol. The molecule has 0 aliphatic heterocycles. The van der Waals surface area contributed by atoms with Crippen molar-refractivity contribution in [2.24, 2.45) is 0 Å². The minimum absolute atomic E-state index is 0.261. The number of H-pyrrole nitrogens is 1. The molecule has 1 unspecified atom stereocenters. The van der Waals surface area contributed by atoms with Gasteiger partial charge in [0.1, 0.15) is 5.92 Å². The SMILES string of the molecule is COC(=O)C(c1ccccc1)c1cc2ccccc2[nH]1. The molecule has 1 atom stereocenters. The van der Waals surface area contributed by atoms with Crippen LogP contribution in [-0.2, 0) is 9.53 Å². The van der Waals surface area contributed by atoms with Crippen molar-refractivity contribution in [3.8, 4) is 0 Å². The standard InChI is InChI=1S/C17H15NO2/c1-20-17(19)16(12-7-3-2-4-8-12)15-11-13-9-5-6-10-14(13)18-15/h2-11,16,18H,1H3. The van der Waals surface area contributed by atoms with E-state index in [-0.39, 0.29) is 5.97 Å². The maximum atomic E-state index is 12.1. The Morgan fingerprint density at radius 3 is 2.45 bits per heavy atom. The zero-order valence-corrected chi connectivity index (χ0v) is 11.2. The van der Waals surface area contributed by atoms with E-state index in [9.17, 15) is 4.79 Å². The van der Waals surface area contributed by atoms with Gasteiger partial charge in [0.25, 0.3) is 0 Å². The van der Waals surface area contributed by atoms with Crippen molar-refractivity contribution in [1.82, 2.24) is 4.98 Å². The van der Waals surface area contributed by atoms with Crippen LogP contribution in [0.3, 0.4) is 0 Å². The fraction of sp³-hybridized carbons (Fsp3) is 0.118. The third-order valence-electron chi connectivity index (χ3n) is 3.43. The van der Waals surface area contributed by atoms with E-state index in [0.29, 0.717) is 0 Å². The predicted octanol–water partition coefficient (Wildman–Crippen LogP) is 3.47. The maximum absolute atomic E-state index is 12.1. The van der Waals surface area contributed by atoms with E-state index in [0.717, 1.165) is 22.2 Å². The van der Waals surface area contributed by atoms with Gasteiger partial charge < -0.3 is 9.72 Å². The van der Waals surface area contributed by atoms with Gasteiger partial charge in [-0.05, 0) is 23.1 Å². The van der Waals surface area contributed by atoms with Crippen LogP contribution in [0.25, 0.3) is 10.9 Å². The number of carbonyl (C=O) groups is 1. The summed E-state index contributed by atoms with van der Waals surface area (Å²) in [6.07, 6.45) is 0. The summed E-state index contributed by atoms with van der Waals surface area (Å²) in [4.78, 5) is 15.5. The third kappa shape index (κ3) is 2.18. The number of hydrogen-bond donors (Lipinski definition) is 1. The summed E-state index contributed by atoms with van der Waals surface area (Å²) in [6, 6.07) is 19.6. The first-order valence-electron chi connectivity index (χ1n) is 6.50. The van der Waals surface area contributed by atoms with Crippen LogP contribution in [0.4, 0.5) is 0 Å². The van der Waals surface area contributed by atoms with Gasteiger partial charge in [0, 0.05) is 11.2 Å². The Kier molecular flexibility index (Phi) is 3.25. The molecule has 100 valence electrons. The molecule has 20 heavy (non-hydrogen) atoms. The second-order valence-electron chi connectivity index (χ2n) is 4.68. The minimum atomic E-state index is -0.423. The largest absolute Gasteiger partial charge is 0.468 e. The highest BCUT2D eigenvalue weighted by Crippen LogP contribution is 2.28. The lowest BCUT2D eigenvalue weighted by atomic mass is 9.96. The fourth-order valence-electron chi connectivity index (χ4n) is 2.46. The molecule has 0 spiro atoms. The average Bonchev–Trinajstić information content (AvgIpc) is 2.91. The third-order valence-corrected chi connectivity index (χ3v) is 3.43. The van der Waals surface area contributed by atoms with Crippen LogP contribution in [0.5, 0.6) is 0 Å². The normalized spacial score (nSPS) is 12.2. The highest BCUT2D eigenvalue weighted by molar-refractivity contribution is 5.86. The van der Waals surface area contributed by atoms with Gasteiger partial charge in [-0.3, -0.25) is 4.79 Å². The van der Waals surface area contributed by atoms with Crippen molar-refractivity contribution in [3.05, 3.63) is 71.9 Å². The number of rotatable bonds is 3. The second-order valence-corrected chi connectivity index (χ2v) is 4.68. The molecule has 1 N–H and O–H groups in total. The Morgan fingerprint density at radius 2 is 1.75 bits per heavy atom. The van der Waals surface area contributed by atoms with Crippen molar-refractivity contribution in [2.75, 3.05) is 7.11 Å². The number of aromatic nitrogens is 1. The second kappa shape index (κ2) is 5.21. The van der Waals surface area contributed by atoms with E-state index in [4.69, 9.17) is 4.74 Å². The monoisotopic (exact) mass is 265 g/mol. The number of fused-ring (bicyclic) bond motifs is 1. The van der Waals surface area contributed by atoms with Crippen molar-refractivity contribution in [1.29, 1.82) is 0 Å². The van der Waals surface area contributed by atoms with Crippen molar-refractivity contribution in [2.45, 2.75) is 5.92 Å². The molecule has 0 radical (unpaired) electrons. The van der Waals surface area contributed by atoms with Crippen LogP contribution in [0, 0.1) is 0 Å². The molecule has 1 heterocycles. The summed E-state index contributed by atoms with van der Waals surface area (Å²) in [6.45, 7) is 0. The first-order chi connectivity index (χ1) is 9.79. The number of nitrogens with one attached hydrogen (secondary N) is 1. The molecule has 0 bridgehead atoms. The van der Waals surface area contributed by atoms with E-state index in [2.05, 4.69) is 4.98 Å². The number of benzene rings is 2. The molecule has 0 fully saturated rings. The number of hydrogen-bond acceptors (Lipinski definition) is 2. The summed E-state index contributed by atoms with van der Waals surface area (Å²) < 4.78 is 4.96. The highest BCUT2D eigenvalue weighted by atomic mass is 16.5. The molecule has 0 saturated heterocycles. The van der Waals surface area contributed by atoms with Crippen LogP contribution in [-0.4, -0.2) is 18.1 Å². The van der Waals surface area contributed by atoms with Gasteiger partial charge in [0.2, 0.25) is 0 Å². The van der Waals surface area contributed by atoms with Gasteiger partial charge >= 0.3 is 5.97 Å². The first-order valence-corrected chi connectivity index (χ1v) is 6.50.